The maximum absolute atomic E-state index is 12.2. The monoisotopic (exact) mass is 360 g/mol. The summed E-state index contributed by atoms with van der Waals surface area (Å²) in [5, 5.41) is 20.3. The predicted octanol–water partition coefficient (Wildman–Crippen LogP) is 3.52. The summed E-state index contributed by atoms with van der Waals surface area (Å²) in [6.45, 7) is 1.40. The number of aryl methyl sites for hydroxylation is 1. The third kappa shape index (κ3) is 3.29. The van der Waals surface area contributed by atoms with Crippen molar-refractivity contribution in [3.63, 3.8) is 0 Å². The van der Waals surface area contributed by atoms with Crippen molar-refractivity contribution >= 4 is 28.5 Å². The van der Waals surface area contributed by atoms with Gasteiger partial charge in [-0.1, -0.05) is 11.6 Å². The second-order valence-corrected chi connectivity index (χ2v) is 5.85. The van der Waals surface area contributed by atoms with E-state index in [1.54, 1.807) is 13.0 Å². The SMILES string of the molecule is Cc1c(O)ccc2c(COC(=O)c3cc(Cl)ccc3O)cc(=O)oc12. The van der Waals surface area contributed by atoms with Crippen molar-refractivity contribution in [1.29, 1.82) is 0 Å². The van der Waals surface area contributed by atoms with Gasteiger partial charge in [-0.2, -0.15) is 0 Å². The molecule has 6 nitrogen and oxygen atoms in total. The molecule has 0 aliphatic carbocycles. The Morgan fingerprint density at radius 2 is 1.88 bits per heavy atom. The fourth-order valence-electron chi connectivity index (χ4n) is 2.43. The van der Waals surface area contributed by atoms with Gasteiger partial charge in [0.1, 0.15) is 29.3 Å². The highest BCUT2D eigenvalue weighted by Crippen LogP contribution is 2.28. The molecule has 0 saturated heterocycles. The number of carbonyl (C=O) groups is 1. The average molecular weight is 361 g/mol. The lowest BCUT2D eigenvalue weighted by molar-refractivity contribution is 0.0470. The van der Waals surface area contributed by atoms with E-state index in [4.69, 9.17) is 20.8 Å². The lowest BCUT2D eigenvalue weighted by atomic mass is 10.1. The van der Waals surface area contributed by atoms with E-state index in [2.05, 4.69) is 0 Å². The summed E-state index contributed by atoms with van der Waals surface area (Å²) in [4.78, 5) is 23.9. The van der Waals surface area contributed by atoms with Crippen LogP contribution >= 0.6 is 11.6 Å². The van der Waals surface area contributed by atoms with Crippen LogP contribution in [0.15, 0.2) is 45.6 Å². The zero-order valence-electron chi connectivity index (χ0n) is 13.1. The molecule has 0 aliphatic heterocycles. The largest absolute Gasteiger partial charge is 0.508 e. The van der Waals surface area contributed by atoms with Crippen LogP contribution in [0, 0.1) is 6.92 Å². The van der Waals surface area contributed by atoms with Gasteiger partial charge in [0, 0.05) is 27.6 Å². The molecule has 2 N–H and O–H groups in total. The molecule has 0 aliphatic rings. The van der Waals surface area contributed by atoms with Crippen molar-refractivity contribution in [2.75, 3.05) is 0 Å². The van der Waals surface area contributed by atoms with Gasteiger partial charge in [0.05, 0.1) is 0 Å². The van der Waals surface area contributed by atoms with E-state index in [1.165, 1.54) is 30.3 Å². The van der Waals surface area contributed by atoms with Crippen LogP contribution in [0.1, 0.15) is 21.5 Å². The number of aromatic hydroxyl groups is 2. The minimum Gasteiger partial charge on any atom is -0.508 e. The summed E-state index contributed by atoms with van der Waals surface area (Å²) >= 11 is 5.81. The minimum absolute atomic E-state index is 0.00588. The standard InChI is InChI=1S/C18H13ClO6/c1-9-14(20)5-3-12-10(6-16(22)25-17(9)12)8-24-18(23)13-7-11(19)2-4-15(13)21/h2-7,20-21H,8H2,1H3. The molecule has 25 heavy (non-hydrogen) atoms. The summed E-state index contributed by atoms with van der Waals surface area (Å²) in [7, 11) is 0. The van der Waals surface area contributed by atoms with Crippen LogP contribution in [0.5, 0.6) is 11.5 Å². The van der Waals surface area contributed by atoms with E-state index in [0.29, 0.717) is 16.5 Å². The van der Waals surface area contributed by atoms with Crippen molar-refractivity contribution in [3.05, 3.63) is 68.5 Å². The van der Waals surface area contributed by atoms with Crippen LogP contribution in [-0.4, -0.2) is 16.2 Å². The third-order valence-corrected chi connectivity index (χ3v) is 3.99. The van der Waals surface area contributed by atoms with Crippen LogP contribution in [0.25, 0.3) is 11.0 Å². The van der Waals surface area contributed by atoms with Gasteiger partial charge in [-0.15, -0.1) is 0 Å². The van der Waals surface area contributed by atoms with Crippen LogP contribution < -0.4 is 5.63 Å². The van der Waals surface area contributed by atoms with Gasteiger partial charge in [0.25, 0.3) is 0 Å². The Labute approximate surface area is 146 Å². The molecule has 0 spiro atoms. The fourth-order valence-corrected chi connectivity index (χ4v) is 2.60. The van der Waals surface area contributed by atoms with Gasteiger partial charge in [-0.25, -0.2) is 9.59 Å². The smallest absolute Gasteiger partial charge is 0.342 e. The number of benzene rings is 2. The Balaban J connectivity index is 1.93. The van der Waals surface area contributed by atoms with Crippen molar-refractivity contribution in [2.24, 2.45) is 0 Å². The number of ether oxygens (including phenoxy) is 1. The van der Waals surface area contributed by atoms with E-state index < -0.39 is 11.6 Å². The number of phenolic OH excluding ortho intramolecular Hbond substituents is 2. The highest BCUT2D eigenvalue weighted by molar-refractivity contribution is 6.31. The number of fused-ring (bicyclic) bond motifs is 1. The van der Waals surface area contributed by atoms with Crippen molar-refractivity contribution in [1.82, 2.24) is 0 Å². The van der Waals surface area contributed by atoms with Crippen molar-refractivity contribution in [3.8, 4) is 11.5 Å². The Kier molecular flexibility index (Phi) is 4.37. The Hall–Kier alpha value is -2.99. The first-order valence-corrected chi connectivity index (χ1v) is 7.65. The maximum atomic E-state index is 12.2. The Bertz CT molecular complexity index is 1040. The molecule has 0 atom stereocenters. The van der Waals surface area contributed by atoms with Gasteiger partial charge < -0.3 is 19.4 Å². The fraction of sp³-hybridized carbons (Fsp3) is 0.111. The second-order valence-electron chi connectivity index (χ2n) is 5.41. The molecule has 0 radical (unpaired) electrons. The van der Waals surface area contributed by atoms with Crippen LogP contribution in [0.2, 0.25) is 5.02 Å². The predicted molar refractivity (Wildman–Crippen MR) is 91.1 cm³/mol. The molecular weight excluding hydrogens is 348 g/mol. The average Bonchev–Trinajstić information content (AvgIpc) is 2.58. The maximum Gasteiger partial charge on any atom is 0.342 e. The van der Waals surface area contributed by atoms with E-state index >= 15 is 0 Å². The topological polar surface area (TPSA) is 97.0 Å². The molecule has 0 unspecified atom stereocenters. The number of halogens is 1. The zero-order chi connectivity index (χ0) is 18.1. The zero-order valence-corrected chi connectivity index (χ0v) is 13.8. The highest BCUT2D eigenvalue weighted by Gasteiger charge is 2.16. The summed E-state index contributed by atoms with van der Waals surface area (Å²) < 4.78 is 10.3. The summed E-state index contributed by atoms with van der Waals surface area (Å²) in [6, 6.07) is 8.27. The number of hydrogen-bond donors (Lipinski definition) is 2. The van der Waals surface area contributed by atoms with Crippen LogP contribution in [0.3, 0.4) is 0 Å². The van der Waals surface area contributed by atoms with E-state index in [1.807, 2.05) is 0 Å². The highest BCUT2D eigenvalue weighted by atomic mass is 35.5. The molecule has 1 heterocycles. The molecule has 3 rings (SSSR count). The first-order chi connectivity index (χ1) is 11.9. The van der Waals surface area contributed by atoms with Gasteiger partial charge in [0.15, 0.2) is 0 Å². The van der Waals surface area contributed by atoms with Crippen molar-refractivity contribution < 1.29 is 24.2 Å². The van der Waals surface area contributed by atoms with Gasteiger partial charge >= 0.3 is 11.6 Å². The first kappa shape index (κ1) is 16.9. The second kappa shape index (κ2) is 6.49. The van der Waals surface area contributed by atoms with E-state index in [9.17, 15) is 19.8 Å². The number of rotatable bonds is 3. The first-order valence-electron chi connectivity index (χ1n) is 7.28. The molecule has 1 aromatic heterocycles. The molecule has 3 aromatic rings. The Morgan fingerprint density at radius 1 is 1.16 bits per heavy atom. The summed E-state index contributed by atoms with van der Waals surface area (Å²) in [5.74, 6) is -1.04. The minimum atomic E-state index is -0.781. The molecule has 0 amide bonds. The molecule has 0 bridgehead atoms. The lowest BCUT2D eigenvalue weighted by Gasteiger charge is -2.10. The third-order valence-electron chi connectivity index (χ3n) is 3.76. The number of phenols is 2. The molecular formula is C18H13ClO6. The van der Waals surface area contributed by atoms with Crippen LogP contribution in [0.4, 0.5) is 0 Å². The quantitative estimate of drug-likeness (QED) is 0.548. The molecule has 0 fully saturated rings. The van der Waals surface area contributed by atoms with E-state index in [0.717, 1.165) is 0 Å². The summed E-state index contributed by atoms with van der Waals surface area (Å²) in [6.07, 6.45) is 0. The molecule has 128 valence electrons. The van der Waals surface area contributed by atoms with E-state index in [-0.39, 0.29) is 34.3 Å². The van der Waals surface area contributed by atoms with Gasteiger partial charge in [0.2, 0.25) is 0 Å². The number of hydrogen-bond acceptors (Lipinski definition) is 6. The molecule has 2 aromatic carbocycles. The van der Waals surface area contributed by atoms with Gasteiger partial charge in [-0.05, 0) is 37.3 Å². The molecule has 0 saturated carbocycles. The number of esters is 1. The van der Waals surface area contributed by atoms with Gasteiger partial charge in [-0.3, -0.25) is 0 Å². The van der Waals surface area contributed by atoms with Crippen molar-refractivity contribution in [2.45, 2.75) is 13.5 Å². The normalized spacial score (nSPS) is 10.8. The van der Waals surface area contributed by atoms with Crippen LogP contribution in [-0.2, 0) is 11.3 Å². The number of carbonyl (C=O) groups excluding carboxylic acids is 1. The molecule has 7 heteroatoms. The lowest BCUT2D eigenvalue weighted by Crippen LogP contribution is -2.08. The summed E-state index contributed by atoms with van der Waals surface area (Å²) in [5.41, 5.74) is 0.357. The Morgan fingerprint density at radius 3 is 2.64 bits per heavy atom.